The lowest BCUT2D eigenvalue weighted by atomic mass is 9.92. The SMILES string of the molecule is C[C@H](/C=C/C(=O)NO)[C@@H](OC(=O)Nc1ccc2c(c1)OCO2)c1ccc(O)c2ccccc12. The summed E-state index contributed by atoms with van der Waals surface area (Å²) >= 11 is 0. The Kier molecular flexibility index (Phi) is 6.32. The predicted molar refractivity (Wildman–Crippen MR) is 119 cm³/mol. The van der Waals surface area contributed by atoms with E-state index in [-0.39, 0.29) is 12.5 Å². The normalized spacial score (nSPS) is 14.1. The number of rotatable bonds is 6. The lowest BCUT2D eigenvalue weighted by Crippen LogP contribution is -2.22. The summed E-state index contributed by atoms with van der Waals surface area (Å²) in [4.78, 5) is 24.3. The number of ether oxygens (including phenoxy) is 3. The summed E-state index contributed by atoms with van der Waals surface area (Å²) < 4.78 is 16.4. The summed E-state index contributed by atoms with van der Waals surface area (Å²) in [5, 5.41) is 23.0. The number of carbonyl (C=O) groups excluding carboxylic acids is 2. The van der Waals surface area contributed by atoms with Crippen LogP contribution in [-0.4, -0.2) is 29.1 Å². The molecule has 0 spiro atoms. The Morgan fingerprint density at radius 1 is 1.06 bits per heavy atom. The third-order valence-corrected chi connectivity index (χ3v) is 5.23. The molecule has 2 atom stereocenters. The molecule has 0 radical (unpaired) electrons. The van der Waals surface area contributed by atoms with Crippen molar-refractivity contribution in [3.05, 3.63) is 72.3 Å². The first-order valence-electron chi connectivity index (χ1n) is 10.2. The zero-order chi connectivity index (χ0) is 23.4. The number of fused-ring (bicyclic) bond motifs is 2. The molecule has 1 heterocycles. The van der Waals surface area contributed by atoms with Crippen molar-refractivity contribution < 1.29 is 34.1 Å². The summed E-state index contributed by atoms with van der Waals surface area (Å²) in [5.74, 6) is 0.0305. The minimum atomic E-state index is -0.813. The molecule has 0 fully saturated rings. The van der Waals surface area contributed by atoms with Crippen LogP contribution in [0.2, 0.25) is 0 Å². The van der Waals surface area contributed by atoms with Gasteiger partial charge in [0, 0.05) is 34.7 Å². The number of hydroxylamine groups is 1. The van der Waals surface area contributed by atoms with E-state index in [2.05, 4.69) is 5.32 Å². The van der Waals surface area contributed by atoms with Gasteiger partial charge in [-0.1, -0.05) is 43.3 Å². The number of nitrogens with one attached hydrogen (secondary N) is 2. The number of phenolic OH excluding ortho intramolecular Hbond substituents is 1. The number of benzene rings is 3. The fourth-order valence-electron chi connectivity index (χ4n) is 3.62. The zero-order valence-corrected chi connectivity index (χ0v) is 17.6. The van der Waals surface area contributed by atoms with Gasteiger partial charge in [-0.25, -0.2) is 10.3 Å². The van der Waals surface area contributed by atoms with Crippen LogP contribution in [0.5, 0.6) is 17.2 Å². The highest BCUT2D eigenvalue weighted by molar-refractivity contribution is 5.92. The molecule has 0 unspecified atom stereocenters. The van der Waals surface area contributed by atoms with E-state index >= 15 is 0 Å². The quantitative estimate of drug-likeness (QED) is 0.251. The van der Waals surface area contributed by atoms with Crippen LogP contribution in [-0.2, 0) is 9.53 Å². The highest BCUT2D eigenvalue weighted by Gasteiger charge is 2.25. The van der Waals surface area contributed by atoms with Crippen molar-refractivity contribution in [2.24, 2.45) is 5.92 Å². The molecule has 4 rings (SSSR count). The number of phenols is 1. The standard InChI is InChI=1S/C24H22N2O7/c1-14(6-11-22(28)26-30)23(18-8-9-19(27)17-5-3-2-4-16(17)18)33-24(29)25-15-7-10-20-21(12-15)32-13-31-20/h2-12,14,23,27,30H,13H2,1H3,(H,25,29)(H,26,28)/b11-6+/t14-,23-/m1/s1. The number of hydrogen-bond acceptors (Lipinski definition) is 7. The summed E-state index contributed by atoms with van der Waals surface area (Å²) in [6.07, 6.45) is 1.14. The Morgan fingerprint density at radius 2 is 1.82 bits per heavy atom. The molecule has 0 saturated heterocycles. The molecule has 9 heteroatoms. The van der Waals surface area contributed by atoms with E-state index in [0.717, 1.165) is 6.08 Å². The number of hydrogen-bond donors (Lipinski definition) is 4. The van der Waals surface area contributed by atoms with Crippen LogP contribution in [0, 0.1) is 5.92 Å². The van der Waals surface area contributed by atoms with Crippen LogP contribution >= 0.6 is 0 Å². The Balaban J connectivity index is 1.63. The molecule has 4 N–H and O–H groups in total. The smallest absolute Gasteiger partial charge is 0.412 e. The second-order valence-corrected chi connectivity index (χ2v) is 7.43. The molecular weight excluding hydrogens is 428 g/mol. The van der Waals surface area contributed by atoms with Crippen molar-refractivity contribution in [2.75, 3.05) is 12.1 Å². The van der Waals surface area contributed by atoms with Gasteiger partial charge in [-0.05, 0) is 23.6 Å². The van der Waals surface area contributed by atoms with Crippen LogP contribution in [0.25, 0.3) is 10.8 Å². The Bertz CT molecular complexity index is 1220. The number of aromatic hydroxyl groups is 1. The van der Waals surface area contributed by atoms with Gasteiger partial charge in [0.1, 0.15) is 11.9 Å². The molecular formula is C24H22N2O7. The summed E-state index contributed by atoms with van der Waals surface area (Å²) in [6, 6.07) is 15.4. The first-order chi connectivity index (χ1) is 16.0. The number of carbonyl (C=O) groups is 2. The largest absolute Gasteiger partial charge is 0.507 e. The second kappa shape index (κ2) is 9.49. The van der Waals surface area contributed by atoms with E-state index in [9.17, 15) is 14.7 Å². The number of anilines is 1. The maximum atomic E-state index is 12.8. The Hall–Kier alpha value is -4.24. The van der Waals surface area contributed by atoms with Crippen molar-refractivity contribution in [2.45, 2.75) is 13.0 Å². The van der Waals surface area contributed by atoms with Gasteiger partial charge in [0.15, 0.2) is 11.5 Å². The van der Waals surface area contributed by atoms with Crippen molar-refractivity contribution in [1.29, 1.82) is 0 Å². The second-order valence-electron chi connectivity index (χ2n) is 7.43. The monoisotopic (exact) mass is 450 g/mol. The van der Waals surface area contributed by atoms with Gasteiger partial charge < -0.3 is 19.3 Å². The lowest BCUT2D eigenvalue weighted by molar-refractivity contribution is -0.124. The van der Waals surface area contributed by atoms with Gasteiger partial charge in [-0.3, -0.25) is 15.3 Å². The van der Waals surface area contributed by atoms with Crippen molar-refractivity contribution in [3.63, 3.8) is 0 Å². The molecule has 2 amide bonds. The minimum absolute atomic E-state index is 0.0979. The van der Waals surface area contributed by atoms with Crippen LogP contribution in [0.15, 0.2) is 66.7 Å². The first kappa shape index (κ1) is 22.0. The molecule has 9 nitrogen and oxygen atoms in total. The third-order valence-electron chi connectivity index (χ3n) is 5.23. The molecule has 0 aliphatic carbocycles. The third kappa shape index (κ3) is 4.83. The van der Waals surface area contributed by atoms with Crippen molar-refractivity contribution in [3.8, 4) is 17.2 Å². The molecule has 0 saturated carbocycles. The molecule has 170 valence electrons. The molecule has 1 aliphatic heterocycles. The molecule has 3 aromatic carbocycles. The van der Waals surface area contributed by atoms with Crippen LogP contribution < -0.4 is 20.3 Å². The summed E-state index contributed by atoms with van der Waals surface area (Å²) in [7, 11) is 0. The fraction of sp³-hybridized carbons (Fsp3) is 0.167. The topological polar surface area (TPSA) is 126 Å². The minimum Gasteiger partial charge on any atom is -0.507 e. The molecule has 0 bridgehead atoms. The first-order valence-corrected chi connectivity index (χ1v) is 10.2. The maximum absolute atomic E-state index is 12.8. The van der Waals surface area contributed by atoms with Crippen LogP contribution in [0.3, 0.4) is 0 Å². The zero-order valence-electron chi connectivity index (χ0n) is 17.6. The number of amides is 2. The van der Waals surface area contributed by atoms with E-state index in [1.807, 2.05) is 12.1 Å². The van der Waals surface area contributed by atoms with Crippen LogP contribution in [0.4, 0.5) is 10.5 Å². The average Bonchev–Trinajstić information content (AvgIpc) is 3.29. The Morgan fingerprint density at radius 3 is 2.61 bits per heavy atom. The van der Waals surface area contributed by atoms with Crippen molar-refractivity contribution >= 4 is 28.5 Å². The fourth-order valence-corrected chi connectivity index (χ4v) is 3.62. The van der Waals surface area contributed by atoms with E-state index in [1.165, 1.54) is 17.6 Å². The summed E-state index contributed by atoms with van der Waals surface area (Å²) in [6.45, 7) is 1.88. The van der Waals surface area contributed by atoms with Gasteiger partial charge in [-0.15, -0.1) is 0 Å². The van der Waals surface area contributed by atoms with Gasteiger partial charge in [0.05, 0.1) is 0 Å². The van der Waals surface area contributed by atoms with E-state index in [0.29, 0.717) is 33.5 Å². The van der Waals surface area contributed by atoms with Crippen LogP contribution in [0.1, 0.15) is 18.6 Å². The maximum Gasteiger partial charge on any atom is 0.412 e. The van der Waals surface area contributed by atoms with E-state index in [1.54, 1.807) is 43.3 Å². The van der Waals surface area contributed by atoms with Crippen molar-refractivity contribution in [1.82, 2.24) is 5.48 Å². The van der Waals surface area contributed by atoms with Gasteiger partial charge in [0.2, 0.25) is 6.79 Å². The molecule has 0 aromatic heterocycles. The predicted octanol–water partition coefficient (Wildman–Crippen LogP) is 4.26. The van der Waals surface area contributed by atoms with Gasteiger partial charge >= 0.3 is 6.09 Å². The molecule has 1 aliphatic rings. The molecule has 3 aromatic rings. The Labute approximate surface area is 189 Å². The van der Waals surface area contributed by atoms with Gasteiger partial charge in [-0.2, -0.15) is 0 Å². The van der Waals surface area contributed by atoms with Gasteiger partial charge in [0.25, 0.3) is 5.91 Å². The summed E-state index contributed by atoms with van der Waals surface area (Å²) in [5.41, 5.74) is 2.63. The lowest BCUT2D eigenvalue weighted by Gasteiger charge is -2.24. The highest BCUT2D eigenvalue weighted by Crippen LogP contribution is 2.37. The molecule has 33 heavy (non-hydrogen) atoms. The highest BCUT2D eigenvalue weighted by atomic mass is 16.7. The van der Waals surface area contributed by atoms with E-state index < -0.39 is 24.0 Å². The average molecular weight is 450 g/mol. The van der Waals surface area contributed by atoms with E-state index in [4.69, 9.17) is 19.4 Å².